The summed E-state index contributed by atoms with van der Waals surface area (Å²) < 4.78 is 8.38. The van der Waals surface area contributed by atoms with Crippen molar-refractivity contribution in [2.45, 2.75) is 69.2 Å². The van der Waals surface area contributed by atoms with Gasteiger partial charge in [0.1, 0.15) is 5.75 Å². The minimum absolute atomic E-state index is 0.160. The highest BCUT2D eigenvalue weighted by molar-refractivity contribution is 7.98. The first-order chi connectivity index (χ1) is 15.8. The molecule has 33 heavy (non-hydrogen) atoms. The van der Waals surface area contributed by atoms with E-state index in [1.807, 2.05) is 25.8 Å². The van der Waals surface area contributed by atoms with E-state index < -0.39 is 5.41 Å². The summed E-state index contributed by atoms with van der Waals surface area (Å²) in [5, 5.41) is 3.32. The normalized spacial score (nSPS) is 15.4. The molecule has 0 spiro atoms. The van der Waals surface area contributed by atoms with Crippen molar-refractivity contribution in [3.05, 3.63) is 53.6 Å². The zero-order valence-corrected chi connectivity index (χ0v) is 22.3. The Kier molecular flexibility index (Phi) is 9.59. The number of hydrogen-bond donors (Lipinski definition) is 1. The van der Waals surface area contributed by atoms with Crippen molar-refractivity contribution in [1.29, 1.82) is 0 Å². The van der Waals surface area contributed by atoms with E-state index in [0.29, 0.717) is 6.61 Å². The summed E-state index contributed by atoms with van der Waals surface area (Å²) in [6.45, 7) is 10.8. The van der Waals surface area contributed by atoms with E-state index in [0.717, 1.165) is 50.1 Å². The van der Waals surface area contributed by atoms with Crippen LogP contribution in [0.5, 0.6) is 5.75 Å². The minimum Gasteiger partial charge on any atom is -0.493 e. The van der Waals surface area contributed by atoms with Gasteiger partial charge in [-0.2, -0.15) is 0 Å². The molecule has 0 unspecified atom stereocenters. The number of rotatable bonds is 10. The minimum atomic E-state index is -0.393. The molecule has 1 saturated heterocycles. The van der Waals surface area contributed by atoms with Crippen LogP contribution >= 0.6 is 23.7 Å². The molecule has 2 aromatic rings. The third kappa shape index (κ3) is 7.97. The molecule has 1 aliphatic heterocycles. The van der Waals surface area contributed by atoms with Crippen LogP contribution in [0.25, 0.3) is 0 Å². The standard InChI is InChI=1S/C27H38N2O2S2/c1-20-7-8-21(2)25(19-20)31-18-6-15-27(3,4)26(30)28-22-13-16-29(17-14-22)33-24-11-9-23(32-5)10-12-24/h7-12,19,22H,6,13-18H2,1-5H3,(H,28,30). The molecular formula is C27H38N2O2S2. The van der Waals surface area contributed by atoms with E-state index in [9.17, 15) is 4.79 Å². The van der Waals surface area contributed by atoms with Gasteiger partial charge in [-0.05, 0) is 99.2 Å². The maximum Gasteiger partial charge on any atom is 0.225 e. The maximum absolute atomic E-state index is 13.0. The van der Waals surface area contributed by atoms with Gasteiger partial charge in [-0.3, -0.25) is 4.79 Å². The van der Waals surface area contributed by atoms with Crippen molar-refractivity contribution in [2.75, 3.05) is 26.0 Å². The fourth-order valence-corrected chi connectivity index (χ4v) is 5.29. The predicted octanol–water partition coefficient (Wildman–Crippen LogP) is 6.50. The number of thioether (sulfide) groups is 1. The van der Waals surface area contributed by atoms with E-state index >= 15 is 0 Å². The van der Waals surface area contributed by atoms with Crippen LogP contribution in [0.3, 0.4) is 0 Å². The number of carbonyl (C=O) groups excluding carboxylic acids is 1. The molecule has 1 heterocycles. The molecule has 0 aromatic heterocycles. The van der Waals surface area contributed by atoms with Crippen molar-refractivity contribution in [1.82, 2.24) is 9.62 Å². The quantitative estimate of drug-likeness (QED) is 0.236. The van der Waals surface area contributed by atoms with Gasteiger partial charge < -0.3 is 10.1 Å². The molecule has 0 atom stereocenters. The van der Waals surface area contributed by atoms with Crippen molar-refractivity contribution in [2.24, 2.45) is 5.41 Å². The maximum atomic E-state index is 13.0. The Morgan fingerprint density at radius 3 is 2.42 bits per heavy atom. The molecule has 0 saturated carbocycles. The van der Waals surface area contributed by atoms with E-state index in [2.05, 4.69) is 72.2 Å². The molecule has 4 nitrogen and oxygen atoms in total. The van der Waals surface area contributed by atoms with Gasteiger partial charge in [-0.25, -0.2) is 4.31 Å². The first kappa shape index (κ1) is 26.0. The largest absolute Gasteiger partial charge is 0.493 e. The summed E-state index contributed by atoms with van der Waals surface area (Å²) >= 11 is 3.59. The van der Waals surface area contributed by atoms with Crippen LogP contribution in [0.2, 0.25) is 0 Å². The smallest absolute Gasteiger partial charge is 0.225 e. The number of nitrogens with zero attached hydrogens (tertiary/aromatic N) is 1. The zero-order valence-electron chi connectivity index (χ0n) is 20.6. The van der Waals surface area contributed by atoms with Crippen molar-refractivity contribution >= 4 is 29.6 Å². The Balaban J connectivity index is 1.37. The van der Waals surface area contributed by atoms with Crippen LogP contribution in [0.1, 0.15) is 50.7 Å². The first-order valence-electron chi connectivity index (χ1n) is 11.8. The fraction of sp³-hybridized carbons (Fsp3) is 0.519. The number of carbonyl (C=O) groups is 1. The summed E-state index contributed by atoms with van der Waals surface area (Å²) in [7, 11) is 0. The van der Waals surface area contributed by atoms with Gasteiger partial charge in [0.2, 0.25) is 5.91 Å². The molecule has 1 fully saturated rings. The Hall–Kier alpha value is -1.63. The van der Waals surface area contributed by atoms with Gasteiger partial charge in [0, 0.05) is 34.3 Å². The molecule has 1 amide bonds. The van der Waals surface area contributed by atoms with Crippen LogP contribution in [0.4, 0.5) is 0 Å². The highest BCUT2D eigenvalue weighted by atomic mass is 32.2. The Labute approximate surface area is 208 Å². The average molecular weight is 487 g/mol. The number of ether oxygens (including phenoxy) is 1. The molecule has 0 radical (unpaired) electrons. The SMILES string of the molecule is CSc1ccc(SN2CCC(NC(=O)C(C)(C)CCCOc3cc(C)ccc3C)CC2)cc1. The number of amides is 1. The summed E-state index contributed by atoms with van der Waals surface area (Å²) in [5.74, 6) is 1.11. The second kappa shape index (κ2) is 12.2. The average Bonchev–Trinajstić information content (AvgIpc) is 2.80. The molecule has 1 N–H and O–H groups in total. The number of aryl methyl sites for hydroxylation is 2. The molecular weight excluding hydrogens is 448 g/mol. The number of nitrogens with one attached hydrogen (secondary N) is 1. The second-order valence-corrected chi connectivity index (χ2v) is 11.6. The van der Waals surface area contributed by atoms with Gasteiger partial charge in [-0.1, -0.05) is 26.0 Å². The molecule has 180 valence electrons. The second-order valence-electron chi connectivity index (χ2n) is 9.55. The fourth-order valence-electron chi connectivity index (χ4n) is 3.93. The lowest BCUT2D eigenvalue weighted by Gasteiger charge is -2.33. The topological polar surface area (TPSA) is 41.6 Å². The van der Waals surface area contributed by atoms with Crippen LogP contribution in [-0.4, -0.2) is 42.2 Å². The summed E-state index contributed by atoms with van der Waals surface area (Å²) in [6, 6.07) is 15.3. The van der Waals surface area contributed by atoms with Crippen molar-refractivity contribution in [3.63, 3.8) is 0 Å². The van der Waals surface area contributed by atoms with Gasteiger partial charge in [0.05, 0.1) is 6.61 Å². The van der Waals surface area contributed by atoms with Crippen molar-refractivity contribution < 1.29 is 9.53 Å². The highest BCUT2D eigenvalue weighted by Crippen LogP contribution is 2.29. The van der Waals surface area contributed by atoms with Gasteiger partial charge in [0.25, 0.3) is 0 Å². The van der Waals surface area contributed by atoms with E-state index in [4.69, 9.17) is 4.74 Å². The number of piperidine rings is 1. The lowest BCUT2D eigenvalue weighted by Crippen LogP contribution is -2.47. The number of hydrogen-bond acceptors (Lipinski definition) is 5. The Morgan fingerprint density at radius 2 is 1.76 bits per heavy atom. The summed E-state index contributed by atoms with van der Waals surface area (Å²) in [4.78, 5) is 15.5. The molecule has 0 bridgehead atoms. The first-order valence-corrected chi connectivity index (χ1v) is 13.8. The third-order valence-corrected chi connectivity index (χ3v) is 8.09. The Bertz CT molecular complexity index is 907. The number of benzene rings is 2. The van der Waals surface area contributed by atoms with Crippen LogP contribution in [-0.2, 0) is 4.79 Å². The van der Waals surface area contributed by atoms with Gasteiger partial charge in [-0.15, -0.1) is 11.8 Å². The van der Waals surface area contributed by atoms with E-state index in [1.165, 1.54) is 15.4 Å². The van der Waals surface area contributed by atoms with Gasteiger partial charge in [0.15, 0.2) is 0 Å². The Morgan fingerprint density at radius 1 is 1.09 bits per heavy atom. The summed E-state index contributed by atoms with van der Waals surface area (Å²) in [5.41, 5.74) is 1.96. The van der Waals surface area contributed by atoms with E-state index in [-0.39, 0.29) is 11.9 Å². The molecule has 6 heteroatoms. The predicted molar refractivity (Wildman–Crippen MR) is 141 cm³/mol. The lowest BCUT2D eigenvalue weighted by atomic mass is 9.86. The highest BCUT2D eigenvalue weighted by Gasteiger charge is 2.30. The van der Waals surface area contributed by atoms with Crippen LogP contribution in [0, 0.1) is 19.3 Å². The third-order valence-electron chi connectivity index (χ3n) is 6.25. The van der Waals surface area contributed by atoms with Crippen LogP contribution < -0.4 is 10.1 Å². The zero-order chi connectivity index (χ0) is 23.8. The molecule has 2 aromatic carbocycles. The van der Waals surface area contributed by atoms with Crippen molar-refractivity contribution in [3.8, 4) is 5.75 Å². The van der Waals surface area contributed by atoms with Gasteiger partial charge >= 0.3 is 0 Å². The monoisotopic (exact) mass is 486 g/mol. The molecule has 1 aliphatic rings. The van der Waals surface area contributed by atoms with Crippen LogP contribution in [0.15, 0.2) is 52.3 Å². The molecule has 3 rings (SSSR count). The summed E-state index contributed by atoms with van der Waals surface area (Å²) in [6.07, 6.45) is 5.76. The lowest BCUT2D eigenvalue weighted by molar-refractivity contribution is -0.130. The van der Waals surface area contributed by atoms with E-state index in [1.54, 1.807) is 11.8 Å². The molecule has 0 aliphatic carbocycles.